The summed E-state index contributed by atoms with van der Waals surface area (Å²) in [6, 6.07) is 0. The molecule has 0 aliphatic heterocycles. The van der Waals surface area contributed by atoms with Crippen molar-refractivity contribution in [1.29, 1.82) is 0 Å². The molecule has 16 heavy (non-hydrogen) atoms. The van der Waals surface area contributed by atoms with E-state index in [0.29, 0.717) is 6.54 Å². The van der Waals surface area contributed by atoms with Gasteiger partial charge in [-0.1, -0.05) is 13.8 Å². The monoisotopic (exact) mass is 231 g/mol. The van der Waals surface area contributed by atoms with Crippen molar-refractivity contribution < 1.29 is 9.47 Å². The highest BCUT2D eigenvalue weighted by atomic mass is 16.5. The zero-order valence-corrected chi connectivity index (χ0v) is 11.6. The van der Waals surface area contributed by atoms with Gasteiger partial charge >= 0.3 is 0 Å². The maximum atomic E-state index is 5.96. The van der Waals surface area contributed by atoms with Crippen molar-refractivity contribution in [3.05, 3.63) is 0 Å². The number of rotatable bonds is 9. The van der Waals surface area contributed by atoms with E-state index in [1.54, 1.807) is 7.11 Å². The SMILES string of the molecule is CCC(C)(CCOC(C)(CC)CCN)OC. The van der Waals surface area contributed by atoms with Gasteiger partial charge in [0.15, 0.2) is 0 Å². The first-order valence-corrected chi connectivity index (χ1v) is 6.34. The summed E-state index contributed by atoms with van der Waals surface area (Å²) in [4.78, 5) is 0. The van der Waals surface area contributed by atoms with E-state index >= 15 is 0 Å². The maximum Gasteiger partial charge on any atom is 0.0670 e. The Labute approximate surface area is 101 Å². The second kappa shape index (κ2) is 7.25. The Morgan fingerprint density at radius 3 is 1.94 bits per heavy atom. The van der Waals surface area contributed by atoms with Gasteiger partial charge in [0, 0.05) is 7.11 Å². The molecule has 3 heteroatoms. The molecular formula is C13H29NO2. The third-order valence-electron chi connectivity index (χ3n) is 3.74. The molecule has 0 aliphatic carbocycles. The standard InChI is InChI=1S/C13H29NO2/c1-6-12(3,15-5)9-11-16-13(4,7-2)8-10-14/h6-11,14H2,1-5H3. The zero-order valence-electron chi connectivity index (χ0n) is 11.6. The van der Waals surface area contributed by atoms with Crippen LogP contribution in [0.3, 0.4) is 0 Å². The van der Waals surface area contributed by atoms with Crippen LogP contribution in [0.5, 0.6) is 0 Å². The van der Waals surface area contributed by atoms with Crippen LogP contribution in [-0.4, -0.2) is 31.5 Å². The molecule has 0 bridgehead atoms. The van der Waals surface area contributed by atoms with E-state index in [0.717, 1.165) is 32.3 Å². The van der Waals surface area contributed by atoms with E-state index in [1.807, 2.05) is 0 Å². The first-order valence-electron chi connectivity index (χ1n) is 6.34. The van der Waals surface area contributed by atoms with Gasteiger partial charge in [-0.3, -0.25) is 0 Å². The van der Waals surface area contributed by atoms with Crippen molar-refractivity contribution in [3.63, 3.8) is 0 Å². The zero-order chi connectivity index (χ0) is 12.7. The third kappa shape index (κ3) is 5.28. The lowest BCUT2D eigenvalue weighted by Gasteiger charge is -2.32. The van der Waals surface area contributed by atoms with Crippen molar-refractivity contribution in [2.24, 2.45) is 5.73 Å². The average Bonchev–Trinajstić information content (AvgIpc) is 2.29. The number of ether oxygens (including phenoxy) is 2. The fourth-order valence-corrected chi connectivity index (χ4v) is 1.59. The smallest absolute Gasteiger partial charge is 0.0670 e. The van der Waals surface area contributed by atoms with Gasteiger partial charge in [-0.05, 0) is 46.1 Å². The summed E-state index contributed by atoms with van der Waals surface area (Å²) in [5.74, 6) is 0. The van der Waals surface area contributed by atoms with Crippen molar-refractivity contribution >= 4 is 0 Å². The molecule has 0 rings (SSSR count). The molecule has 0 aromatic rings. The van der Waals surface area contributed by atoms with Crippen LogP contribution in [0.15, 0.2) is 0 Å². The summed E-state index contributed by atoms with van der Waals surface area (Å²) in [7, 11) is 1.77. The predicted octanol–water partition coefficient (Wildman–Crippen LogP) is 2.73. The number of hydrogen-bond acceptors (Lipinski definition) is 3. The topological polar surface area (TPSA) is 44.5 Å². The number of hydrogen-bond donors (Lipinski definition) is 1. The van der Waals surface area contributed by atoms with Gasteiger partial charge in [0.05, 0.1) is 17.8 Å². The summed E-state index contributed by atoms with van der Waals surface area (Å²) >= 11 is 0. The summed E-state index contributed by atoms with van der Waals surface area (Å²) in [6.07, 6.45) is 3.85. The molecule has 0 heterocycles. The summed E-state index contributed by atoms with van der Waals surface area (Å²) in [5.41, 5.74) is 5.46. The minimum Gasteiger partial charge on any atom is -0.378 e. The number of nitrogens with two attached hydrogens (primary N) is 1. The second-order valence-electron chi connectivity index (χ2n) is 4.95. The van der Waals surface area contributed by atoms with Crippen LogP contribution < -0.4 is 5.73 Å². The molecule has 3 nitrogen and oxygen atoms in total. The molecule has 0 aliphatic rings. The molecule has 0 radical (unpaired) electrons. The van der Waals surface area contributed by atoms with E-state index in [4.69, 9.17) is 15.2 Å². The molecule has 0 spiro atoms. The third-order valence-corrected chi connectivity index (χ3v) is 3.74. The van der Waals surface area contributed by atoms with Crippen LogP contribution in [0, 0.1) is 0 Å². The second-order valence-corrected chi connectivity index (χ2v) is 4.95. The number of methoxy groups -OCH3 is 1. The van der Waals surface area contributed by atoms with Crippen LogP contribution in [0.25, 0.3) is 0 Å². The highest BCUT2D eigenvalue weighted by Crippen LogP contribution is 2.23. The minimum atomic E-state index is -0.0723. The van der Waals surface area contributed by atoms with Gasteiger partial charge in [0.25, 0.3) is 0 Å². The Morgan fingerprint density at radius 2 is 1.56 bits per heavy atom. The molecule has 2 N–H and O–H groups in total. The summed E-state index contributed by atoms with van der Waals surface area (Å²) < 4.78 is 11.4. The van der Waals surface area contributed by atoms with Crippen LogP contribution in [0.4, 0.5) is 0 Å². The first-order chi connectivity index (χ1) is 7.45. The van der Waals surface area contributed by atoms with E-state index in [-0.39, 0.29) is 11.2 Å². The van der Waals surface area contributed by atoms with Crippen LogP contribution in [0.1, 0.15) is 53.4 Å². The van der Waals surface area contributed by atoms with Gasteiger partial charge in [0.1, 0.15) is 0 Å². The first kappa shape index (κ1) is 15.9. The molecular weight excluding hydrogens is 202 g/mol. The molecule has 0 aromatic carbocycles. The molecule has 0 aromatic heterocycles. The van der Waals surface area contributed by atoms with Crippen molar-refractivity contribution in [1.82, 2.24) is 0 Å². The normalized spacial score (nSPS) is 19.1. The molecule has 98 valence electrons. The molecule has 0 amide bonds. The largest absolute Gasteiger partial charge is 0.378 e. The molecule has 0 saturated heterocycles. The highest BCUT2D eigenvalue weighted by Gasteiger charge is 2.25. The van der Waals surface area contributed by atoms with Crippen molar-refractivity contribution in [3.8, 4) is 0 Å². The quantitative estimate of drug-likeness (QED) is 0.663. The van der Waals surface area contributed by atoms with Crippen LogP contribution in [-0.2, 0) is 9.47 Å². The Hall–Kier alpha value is -0.120. The van der Waals surface area contributed by atoms with Gasteiger partial charge < -0.3 is 15.2 Å². The Balaban J connectivity index is 4.03. The van der Waals surface area contributed by atoms with Crippen LogP contribution in [0.2, 0.25) is 0 Å². The summed E-state index contributed by atoms with van der Waals surface area (Å²) in [6.45, 7) is 9.97. The van der Waals surface area contributed by atoms with E-state index in [9.17, 15) is 0 Å². The lowest BCUT2D eigenvalue weighted by Crippen LogP contribution is -2.34. The average molecular weight is 231 g/mol. The fraction of sp³-hybridized carbons (Fsp3) is 1.00. The maximum absolute atomic E-state index is 5.96. The van der Waals surface area contributed by atoms with Gasteiger partial charge in [-0.2, -0.15) is 0 Å². The fourth-order valence-electron chi connectivity index (χ4n) is 1.59. The Bertz CT molecular complexity index is 181. The van der Waals surface area contributed by atoms with E-state index < -0.39 is 0 Å². The highest BCUT2D eigenvalue weighted by molar-refractivity contribution is 4.76. The Morgan fingerprint density at radius 1 is 1.00 bits per heavy atom. The summed E-state index contributed by atoms with van der Waals surface area (Å²) in [5, 5.41) is 0. The predicted molar refractivity (Wildman–Crippen MR) is 68.6 cm³/mol. The van der Waals surface area contributed by atoms with E-state index in [1.165, 1.54) is 0 Å². The van der Waals surface area contributed by atoms with Crippen molar-refractivity contribution in [2.75, 3.05) is 20.3 Å². The van der Waals surface area contributed by atoms with Crippen LogP contribution >= 0.6 is 0 Å². The van der Waals surface area contributed by atoms with Gasteiger partial charge in [0.2, 0.25) is 0 Å². The minimum absolute atomic E-state index is 0.0582. The van der Waals surface area contributed by atoms with E-state index in [2.05, 4.69) is 27.7 Å². The lowest BCUT2D eigenvalue weighted by atomic mass is 9.97. The molecule has 0 fully saturated rings. The van der Waals surface area contributed by atoms with Gasteiger partial charge in [-0.25, -0.2) is 0 Å². The van der Waals surface area contributed by atoms with Crippen molar-refractivity contribution in [2.45, 2.75) is 64.6 Å². The molecule has 2 unspecified atom stereocenters. The Kier molecular flexibility index (Phi) is 7.20. The molecule has 2 atom stereocenters. The lowest BCUT2D eigenvalue weighted by molar-refractivity contribution is -0.0767. The molecule has 0 saturated carbocycles. The van der Waals surface area contributed by atoms with Gasteiger partial charge in [-0.15, -0.1) is 0 Å².